The fourth-order valence-corrected chi connectivity index (χ4v) is 5.46. The summed E-state index contributed by atoms with van der Waals surface area (Å²) in [5, 5.41) is 48.9. The van der Waals surface area contributed by atoms with Crippen LogP contribution in [0.25, 0.3) is 11.4 Å². The number of aryl methyl sites for hydroxylation is 2. The predicted molar refractivity (Wildman–Crippen MR) is 196 cm³/mol. The standard InChI is InChI=1S/C18H13Cl2N3O3.C18H14ClN3O3.Cr/c1-10-12(9-21-16-11(18(25)26)5-4-7-14(16)20)17(24)23(22-10)15-8-3-2-6-13(15)19;1-11-14(17(23)22(21-11)12-6-3-2-4-7-12)10-20-16-13(18(24)25)8-5-9-15(16)19;/h2-9,24H,1H3,(H,25,26);2-10,23H,1H3,(H,24,25);. The first-order valence-electron chi connectivity index (χ1n) is 14.9. The monoisotopic (exact) mass is 796 g/mol. The van der Waals surface area contributed by atoms with Gasteiger partial charge in [0.25, 0.3) is 0 Å². The fourth-order valence-electron chi connectivity index (χ4n) is 4.79. The molecule has 0 radical (unpaired) electrons. The first-order chi connectivity index (χ1) is 24.4. The molecule has 0 fully saturated rings. The first kappa shape index (κ1) is 39.4. The van der Waals surface area contributed by atoms with Gasteiger partial charge in [0.05, 0.1) is 71.5 Å². The number of aromatic carboxylic acids is 2. The normalized spacial score (nSPS) is 10.9. The summed E-state index contributed by atoms with van der Waals surface area (Å²) in [6.07, 6.45) is 2.70. The molecule has 0 unspecified atom stereocenters. The van der Waals surface area contributed by atoms with Gasteiger partial charge >= 0.3 is 11.9 Å². The van der Waals surface area contributed by atoms with E-state index in [4.69, 9.17) is 34.8 Å². The number of nitrogens with zero attached hydrogens (tertiary/aromatic N) is 6. The molecule has 0 atom stereocenters. The Morgan fingerprint density at radius 1 is 0.615 bits per heavy atom. The Morgan fingerprint density at radius 2 is 1.04 bits per heavy atom. The molecule has 16 heteroatoms. The average molecular weight is 798 g/mol. The van der Waals surface area contributed by atoms with E-state index in [0.29, 0.717) is 38.9 Å². The molecule has 0 bridgehead atoms. The third-order valence-electron chi connectivity index (χ3n) is 7.32. The Hall–Kier alpha value is -5.42. The number of hydrogen-bond donors (Lipinski definition) is 4. The maximum absolute atomic E-state index is 11.3. The zero-order chi connectivity index (χ0) is 36.8. The van der Waals surface area contributed by atoms with Crippen molar-refractivity contribution in [3.8, 4) is 23.1 Å². The van der Waals surface area contributed by atoms with Gasteiger partial charge in [-0.1, -0.05) is 77.3 Å². The van der Waals surface area contributed by atoms with Crippen LogP contribution in [0.1, 0.15) is 43.2 Å². The maximum atomic E-state index is 11.3. The van der Waals surface area contributed by atoms with E-state index in [-0.39, 0.29) is 61.7 Å². The molecule has 0 amide bonds. The van der Waals surface area contributed by atoms with Crippen molar-refractivity contribution in [1.29, 1.82) is 0 Å². The summed E-state index contributed by atoms with van der Waals surface area (Å²) in [6, 6.07) is 25.1. The van der Waals surface area contributed by atoms with E-state index in [0.717, 1.165) is 0 Å². The Bertz CT molecular complexity index is 2330. The van der Waals surface area contributed by atoms with Gasteiger partial charge in [0.2, 0.25) is 11.8 Å². The van der Waals surface area contributed by atoms with Gasteiger partial charge < -0.3 is 20.4 Å². The predicted octanol–water partition coefficient (Wildman–Crippen LogP) is 8.63. The van der Waals surface area contributed by atoms with Crippen LogP contribution >= 0.6 is 34.8 Å². The number of aromatic hydroxyl groups is 2. The van der Waals surface area contributed by atoms with E-state index in [1.165, 1.54) is 40.0 Å². The summed E-state index contributed by atoms with van der Waals surface area (Å²) >= 11 is 18.3. The summed E-state index contributed by atoms with van der Waals surface area (Å²) in [5.74, 6) is -2.53. The molecule has 0 saturated carbocycles. The molecule has 264 valence electrons. The van der Waals surface area contributed by atoms with Crippen LogP contribution in [0.15, 0.2) is 101 Å². The summed E-state index contributed by atoms with van der Waals surface area (Å²) in [4.78, 5) is 31.0. The molecule has 0 aliphatic rings. The van der Waals surface area contributed by atoms with Crippen molar-refractivity contribution >= 4 is 70.5 Å². The molecule has 52 heavy (non-hydrogen) atoms. The Balaban J connectivity index is 0.000000228. The SMILES string of the molecule is Cc1nn(-c2ccccc2)c(O)c1C=Nc1c(Cl)cccc1C(=O)O.Cc1nn(-c2ccccc2Cl)c(O)c1C=Nc1c(Cl)cccc1C(=O)O.[Cr]. The number of carbonyl (C=O) groups is 2. The largest absolute Gasteiger partial charge is 0.493 e. The molecule has 4 N–H and O–H groups in total. The number of aromatic nitrogens is 4. The van der Waals surface area contributed by atoms with Gasteiger partial charge in [0.1, 0.15) is 0 Å². The summed E-state index contributed by atoms with van der Waals surface area (Å²) in [7, 11) is 0. The van der Waals surface area contributed by atoms with Gasteiger partial charge in [0.15, 0.2) is 0 Å². The molecule has 6 rings (SSSR count). The van der Waals surface area contributed by atoms with Crippen LogP contribution in [-0.4, -0.2) is 64.4 Å². The number of rotatable bonds is 8. The Morgan fingerprint density at radius 3 is 1.52 bits per heavy atom. The van der Waals surface area contributed by atoms with Crippen LogP contribution in [-0.2, 0) is 17.4 Å². The summed E-state index contributed by atoms with van der Waals surface area (Å²) in [6.45, 7) is 3.42. The minimum atomic E-state index is -1.15. The van der Waals surface area contributed by atoms with Crippen LogP contribution in [0.5, 0.6) is 11.8 Å². The van der Waals surface area contributed by atoms with Crippen molar-refractivity contribution in [1.82, 2.24) is 19.6 Å². The number of para-hydroxylation sites is 4. The van der Waals surface area contributed by atoms with Gasteiger partial charge in [0, 0.05) is 29.8 Å². The van der Waals surface area contributed by atoms with Gasteiger partial charge in [-0.2, -0.15) is 14.9 Å². The minimum Gasteiger partial charge on any atom is -0.493 e. The number of halogens is 3. The van der Waals surface area contributed by atoms with E-state index in [1.807, 2.05) is 30.3 Å². The van der Waals surface area contributed by atoms with Crippen molar-refractivity contribution in [3.05, 3.63) is 140 Å². The van der Waals surface area contributed by atoms with Crippen LogP contribution in [0.4, 0.5) is 11.4 Å². The van der Waals surface area contributed by atoms with Gasteiger partial charge in [-0.25, -0.2) is 14.3 Å². The van der Waals surface area contributed by atoms with E-state index < -0.39 is 11.9 Å². The van der Waals surface area contributed by atoms with Crippen LogP contribution in [0, 0.1) is 13.8 Å². The number of hydrogen-bond acceptors (Lipinski definition) is 8. The number of aliphatic imine (C=N–C) groups is 2. The third-order valence-corrected chi connectivity index (χ3v) is 8.25. The summed E-state index contributed by atoms with van der Waals surface area (Å²) in [5.41, 5.74) is 3.16. The van der Waals surface area contributed by atoms with Crippen molar-refractivity contribution in [2.75, 3.05) is 0 Å². The zero-order valence-electron chi connectivity index (χ0n) is 27.1. The molecule has 0 saturated heterocycles. The van der Waals surface area contributed by atoms with Crippen molar-refractivity contribution in [2.24, 2.45) is 9.98 Å². The van der Waals surface area contributed by atoms with Crippen LogP contribution in [0.2, 0.25) is 15.1 Å². The molecule has 12 nitrogen and oxygen atoms in total. The number of benzene rings is 4. The Labute approximate surface area is 322 Å². The second-order valence-corrected chi connectivity index (χ2v) is 11.9. The van der Waals surface area contributed by atoms with E-state index in [2.05, 4.69) is 20.2 Å². The third kappa shape index (κ3) is 8.54. The topological polar surface area (TPSA) is 175 Å². The van der Waals surface area contributed by atoms with E-state index >= 15 is 0 Å². The second-order valence-electron chi connectivity index (χ2n) is 10.7. The number of carboxylic acids is 2. The quantitative estimate of drug-likeness (QED) is 0.111. The minimum absolute atomic E-state index is 0. The van der Waals surface area contributed by atoms with Gasteiger partial charge in [-0.15, -0.1) is 0 Å². The first-order valence-corrected chi connectivity index (χ1v) is 16.0. The average Bonchev–Trinajstić information content (AvgIpc) is 3.56. The number of carboxylic acid groups (broad SMARTS) is 2. The second kappa shape index (κ2) is 17.2. The molecule has 0 aliphatic heterocycles. The Kier molecular flexibility index (Phi) is 13.0. The molecule has 6 aromatic rings. The molecule has 0 spiro atoms. The summed E-state index contributed by atoms with van der Waals surface area (Å²) < 4.78 is 2.69. The van der Waals surface area contributed by atoms with Crippen LogP contribution < -0.4 is 0 Å². The van der Waals surface area contributed by atoms with E-state index in [1.54, 1.807) is 56.3 Å². The fraction of sp³-hybridized carbons (Fsp3) is 0.0556. The van der Waals surface area contributed by atoms with Crippen molar-refractivity contribution in [2.45, 2.75) is 13.8 Å². The van der Waals surface area contributed by atoms with Crippen molar-refractivity contribution < 1.29 is 47.4 Å². The molecule has 2 aromatic heterocycles. The maximum Gasteiger partial charge on any atom is 0.337 e. The van der Waals surface area contributed by atoms with Gasteiger partial charge in [-0.3, -0.25) is 9.98 Å². The smallest absolute Gasteiger partial charge is 0.337 e. The molecule has 0 aliphatic carbocycles. The van der Waals surface area contributed by atoms with Crippen molar-refractivity contribution in [3.63, 3.8) is 0 Å². The molecule has 4 aromatic carbocycles. The zero-order valence-corrected chi connectivity index (χ0v) is 30.7. The molecular formula is C36H27Cl3CrN6O6. The van der Waals surface area contributed by atoms with Gasteiger partial charge in [-0.05, 0) is 62.4 Å². The van der Waals surface area contributed by atoms with E-state index in [9.17, 15) is 30.0 Å². The van der Waals surface area contributed by atoms with Crippen LogP contribution in [0.3, 0.4) is 0 Å². The molecular weight excluding hydrogens is 771 g/mol. The molecule has 2 heterocycles.